The van der Waals surface area contributed by atoms with E-state index in [-0.39, 0.29) is 106 Å². The number of halogens is 3. The van der Waals surface area contributed by atoms with Crippen LogP contribution in [-0.4, -0.2) is 105 Å². The Morgan fingerprint density at radius 2 is 0.554 bits per heavy atom. The van der Waals surface area contributed by atoms with Crippen LogP contribution in [0, 0.1) is 27.7 Å². The van der Waals surface area contributed by atoms with E-state index < -0.39 is 0 Å². The van der Waals surface area contributed by atoms with Crippen molar-refractivity contribution in [2.45, 2.75) is 27.7 Å². The van der Waals surface area contributed by atoms with Gasteiger partial charge in [-0.25, -0.2) is 0 Å². The van der Waals surface area contributed by atoms with Gasteiger partial charge in [0.1, 0.15) is 7.05 Å². The van der Waals surface area contributed by atoms with Gasteiger partial charge < -0.3 is 92.6 Å². The van der Waals surface area contributed by atoms with Gasteiger partial charge in [-0.2, -0.15) is 4.57 Å². The predicted molar refractivity (Wildman–Crippen MR) is 352 cm³/mol. The zero-order valence-electron chi connectivity index (χ0n) is 50.8. The number of hydrogen-bond acceptors (Lipinski definition) is 19. The second kappa shape index (κ2) is 29.1. The smallest absolute Gasteiger partial charge is 0.213 e. The number of methoxy groups -OCH3 is 4. The Kier molecular flexibility index (Phi) is 22.2. The number of benzene rings is 8. The fourth-order valence-electron chi connectivity index (χ4n) is 10.0. The number of aryl methyl sites for hydroxylation is 4. The van der Waals surface area contributed by atoms with Crippen molar-refractivity contribution in [3.63, 3.8) is 0 Å². The van der Waals surface area contributed by atoms with Crippen LogP contribution in [0.15, 0.2) is 146 Å². The number of nitrogens with zero attached hydrogens (tertiary/aromatic N) is 4. The molecular weight excluding hydrogens is 1250 g/mol. The minimum Gasteiger partial charge on any atom is -1.00 e. The van der Waals surface area contributed by atoms with Gasteiger partial charge in [0.25, 0.3) is 0 Å². The minimum atomic E-state index is -0.222. The van der Waals surface area contributed by atoms with Crippen molar-refractivity contribution in [2.24, 2.45) is 7.05 Å². The Hall–Kier alpha value is -10.9. The fourth-order valence-corrected chi connectivity index (χ4v) is 10.0. The maximum Gasteiger partial charge on any atom is 0.213 e. The highest BCUT2D eigenvalue weighted by Crippen LogP contribution is 2.41. The number of pyridine rings is 4. The van der Waals surface area contributed by atoms with Gasteiger partial charge in [0.15, 0.2) is 97.7 Å². The molecule has 12 rings (SSSR count). The molecule has 12 N–H and O–H groups in total. The Morgan fingerprint density at radius 1 is 0.293 bits per heavy atom. The summed E-state index contributed by atoms with van der Waals surface area (Å²) in [5.74, 6) is 0.421. The third-order valence-electron chi connectivity index (χ3n) is 14.9. The second-order valence-electron chi connectivity index (χ2n) is 20.6. The molecule has 12 aromatic rings. The van der Waals surface area contributed by atoms with Gasteiger partial charge in [-0.3, -0.25) is 15.0 Å². The number of hydrogen-bond donors (Lipinski definition) is 12. The molecule has 0 spiro atoms. The van der Waals surface area contributed by atoms with Crippen LogP contribution in [0.3, 0.4) is 0 Å². The van der Waals surface area contributed by atoms with E-state index in [9.17, 15) is 61.3 Å². The topological polar surface area (TPSA) is 322 Å². The third kappa shape index (κ3) is 14.7. The summed E-state index contributed by atoms with van der Waals surface area (Å²) >= 11 is 0. The summed E-state index contributed by atoms with van der Waals surface area (Å²) in [5.41, 5.74) is 8.90. The lowest BCUT2D eigenvalue weighted by Crippen LogP contribution is -3.00. The largest absolute Gasteiger partial charge is 1.00 e. The van der Waals surface area contributed by atoms with Gasteiger partial charge in [-0.15, -0.1) is 24.8 Å². The van der Waals surface area contributed by atoms with Crippen LogP contribution < -0.4 is 35.9 Å². The number of phenolic OH excluding ortho intramolecular Hbond substituents is 12. The van der Waals surface area contributed by atoms with Crippen LogP contribution in [-0.2, 0) is 7.05 Å². The van der Waals surface area contributed by atoms with E-state index in [1.807, 2.05) is 74.9 Å². The van der Waals surface area contributed by atoms with Gasteiger partial charge >= 0.3 is 0 Å². The molecule has 0 radical (unpaired) electrons. The average molecular weight is 1310 g/mol. The molecule has 0 aliphatic rings. The highest BCUT2D eigenvalue weighted by atomic mass is 35.5. The SMILES string of the molecule is COc1cc2cc(-c3ccc(O)c(O)c3)nc(C)c2cc1OC.COc1cc2cc(-c3ccc(O)c(O)c3)nc(C)c2cc1OC.Cc1c2cc(O)c(O)cc2cc(-c2ccc(O)c(O)c2)[n+]1C.Cc1nc(-c2ccc(O)c(O)c2)cc2cc(O)c(O)cc12.Cl.Cl.[Cl-]. The summed E-state index contributed by atoms with van der Waals surface area (Å²) < 4.78 is 23.3. The van der Waals surface area contributed by atoms with E-state index in [1.165, 1.54) is 72.8 Å². The Labute approximate surface area is 545 Å². The lowest BCUT2D eigenvalue weighted by Gasteiger charge is -2.12. The molecular formula is C69H65Cl3N4O16. The molecule has 23 heteroatoms. The maximum atomic E-state index is 9.69. The van der Waals surface area contributed by atoms with Crippen molar-refractivity contribution in [2.75, 3.05) is 28.4 Å². The van der Waals surface area contributed by atoms with Gasteiger partial charge in [-0.1, -0.05) is 0 Å². The van der Waals surface area contributed by atoms with Crippen LogP contribution in [0.4, 0.5) is 0 Å². The molecule has 4 heterocycles. The third-order valence-corrected chi connectivity index (χ3v) is 14.9. The van der Waals surface area contributed by atoms with Crippen LogP contribution in [0.5, 0.6) is 92.0 Å². The van der Waals surface area contributed by atoms with Crippen LogP contribution in [0.2, 0.25) is 0 Å². The molecule has 92 heavy (non-hydrogen) atoms. The van der Waals surface area contributed by atoms with E-state index in [4.69, 9.17) is 18.9 Å². The molecule has 0 aliphatic heterocycles. The molecule has 0 atom stereocenters. The monoisotopic (exact) mass is 1310 g/mol. The molecule has 20 nitrogen and oxygen atoms in total. The number of aromatic hydroxyl groups is 12. The Bertz CT molecular complexity index is 4600. The molecule has 0 amide bonds. The first-order valence-electron chi connectivity index (χ1n) is 27.2. The van der Waals surface area contributed by atoms with E-state index in [1.54, 1.807) is 65.7 Å². The molecule has 0 saturated carbocycles. The summed E-state index contributed by atoms with van der Waals surface area (Å²) in [4.78, 5) is 13.6. The molecule has 0 saturated heterocycles. The molecule has 0 fully saturated rings. The molecule has 478 valence electrons. The van der Waals surface area contributed by atoms with E-state index >= 15 is 0 Å². The first kappa shape index (κ1) is 70.2. The minimum absolute atomic E-state index is 0. The van der Waals surface area contributed by atoms with Gasteiger partial charge in [0.2, 0.25) is 5.69 Å². The highest BCUT2D eigenvalue weighted by molar-refractivity contribution is 5.94. The highest BCUT2D eigenvalue weighted by Gasteiger charge is 2.20. The molecule has 0 bridgehead atoms. The molecule has 4 aromatic heterocycles. The van der Waals surface area contributed by atoms with Gasteiger partial charge in [0.05, 0.1) is 56.5 Å². The van der Waals surface area contributed by atoms with Crippen molar-refractivity contribution >= 4 is 67.9 Å². The van der Waals surface area contributed by atoms with Gasteiger partial charge in [0, 0.05) is 62.9 Å². The quantitative estimate of drug-likeness (QED) is 0.0497. The van der Waals surface area contributed by atoms with E-state index in [0.717, 1.165) is 82.6 Å². The summed E-state index contributed by atoms with van der Waals surface area (Å²) in [6, 6.07) is 39.3. The fraction of sp³-hybridized carbons (Fsp3) is 0.130. The second-order valence-corrected chi connectivity index (χ2v) is 20.6. The summed E-state index contributed by atoms with van der Waals surface area (Å²) in [7, 11) is 8.26. The number of phenols is 12. The van der Waals surface area contributed by atoms with Gasteiger partial charge in [-0.05, 0) is 182 Å². The van der Waals surface area contributed by atoms with Crippen molar-refractivity contribution in [1.82, 2.24) is 15.0 Å². The molecule has 8 aromatic carbocycles. The lowest BCUT2D eigenvalue weighted by atomic mass is 10.0. The lowest BCUT2D eigenvalue weighted by molar-refractivity contribution is -0.665. The molecule has 0 aliphatic carbocycles. The van der Waals surface area contributed by atoms with Crippen LogP contribution >= 0.6 is 24.8 Å². The normalized spacial score (nSPS) is 10.5. The summed E-state index contributed by atoms with van der Waals surface area (Å²) in [5, 5.41) is 122. The average Bonchev–Trinajstić information content (AvgIpc) is 0.811. The predicted octanol–water partition coefficient (Wildman–Crippen LogP) is 10.6. The Balaban J connectivity index is 0.000000193. The summed E-state index contributed by atoms with van der Waals surface area (Å²) in [6.07, 6.45) is 0. The van der Waals surface area contributed by atoms with Crippen molar-refractivity contribution < 1.29 is 97.2 Å². The van der Waals surface area contributed by atoms with Crippen LogP contribution in [0.1, 0.15) is 22.8 Å². The molecule has 0 unspecified atom stereocenters. The number of aromatic nitrogens is 4. The number of fused-ring (bicyclic) bond motifs is 4. The van der Waals surface area contributed by atoms with Crippen molar-refractivity contribution in [3.8, 4) is 137 Å². The van der Waals surface area contributed by atoms with E-state index in [0.29, 0.717) is 51.3 Å². The van der Waals surface area contributed by atoms with Crippen molar-refractivity contribution in [3.05, 3.63) is 168 Å². The number of rotatable bonds is 8. The maximum absolute atomic E-state index is 9.69. The standard InChI is InChI=1S/2C18H17NO4.C17H15NO4.C16H13NO4.3ClH/c2*1-10-13-9-18(23-3)17(22-2)8-12(13)6-14(19-10)11-4-5-15(20)16(21)7-11;1-9-12-8-17(22)16(21)7-11(12)5-13(18(9)2)10-3-4-14(19)15(20)6-10;1-8-11-7-16(21)15(20)6-10(11)4-12(17-8)9-2-3-13(18)14(19)5-9;;;/h2*4-9,20-21H,1-3H3;3-8H,1-2H3,(H3,19,20,21,22);2-7,18-21H,1H3;3*1H. The zero-order valence-corrected chi connectivity index (χ0v) is 53.2. The Morgan fingerprint density at radius 3 is 0.891 bits per heavy atom. The van der Waals surface area contributed by atoms with Crippen LogP contribution in [0.25, 0.3) is 88.1 Å². The zero-order chi connectivity index (χ0) is 64.3. The van der Waals surface area contributed by atoms with E-state index in [2.05, 4.69) is 15.0 Å². The first-order chi connectivity index (χ1) is 42.4. The summed E-state index contributed by atoms with van der Waals surface area (Å²) in [6.45, 7) is 7.53. The number of ether oxygens (including phenoxy) is 4. The first-order valence-corrected chi connectivity index (χ1v) is 27.2. The van der Waals surface area contributed by atoms with Crippen molar-refractivity contribution in [1.29, 1.82) is 0 Å².